The number of carbonyl (C=O) groups is 1. The molecule has 18 heavy (non-hydrogen) atoms. The standard InChI is InChI=1S/C14H20INO2/c1-2-16-14(17)6-4-3-5-11-18-13-9-7-12(15)8-10-13/h7-10H,2-6,11H2,1H3,(H,16,17). The minimum Gasteiger partial charge on any atom is -0.494 e. The summed E-state index contributed by atoms with van der Waals surface area (Å²) in [6, 6.07) is 8.03. The summed E-state index contributed by atoms with van der Waals surface area (Å²) in [6.45, 7) is 3.37. The predicted molar refractivity (Wildman–Crippen MR) is 81.8 cm³/mol. The Morgan fingerprint density at radius 1 is 1.22 bits per heavy atom. The zero-order chi connectivity index (χ0) is 13.2. The van der Waals surface area contributed by atoms with Crippen molar-refractivity contribution in [2.75, 3.05) is 13.2 Å². The highest BCUT2D eigenvalue weighted by Gasteiger charge is 1.99. The van der Waals surface area contributed by atoms with Crippen molar-refractivity contribution in [2.24, 2.45) is 0 Å². The Labute approximate surface area is 122 Å². The van der Waals surface area contributed by atoms with E-state index >= 15 is 0 Å². The van der Waals surface area contributed by atoms with Crippen LogP contribution in [0.2, 0.25) is 0 Å². The van der Waals surface area contributed by atoms with Crippen molar-refractivity contribution >= 4 is 28.5 Å². The predicted octanol–water partition coefficient (Wildman–Crippen LogP) is 3.37. The molecule has 4 heteroatoms. The fourth-order valence-corrected chi connectivity index (χ4v) is 1.93. The van der Waals surface area contributed by atoms with E-state index in [1.165, 1.54) is 3.57 Å². The molecule has 0 unspecified atom stereocenters. The average molecular weight is 361 g/mol. The Hall–Kier alpha value is -0.780. The SMILES string of the molecule is CCNC(=O)CCCCCOc1ccc(I)cc1. The molecule has 1 amide bonds. The first-order chi connectivity index (χ1) is 8.72. The van der Waals surface area contributed by atoms with E-state index in [1.807, 2.05) is 31.2 Å². The summed E-state index contributed by atoms with van der Waals surface area (Å²) in [4.78, 5) is 11.2. The largest absolute Gasteiger partial charge is 0.494 e. The summed E-state index contributed by atoms with van der Waals surface area (Å²) in [7, 11) is 0. The smallest absolute Gasteiger partial charge is 0.219 e. The van der Waals surface area contributed by atoms with Crippen LogP contribution in [-0.2, 0) is 4.79 Å². The third kappa shape index (κ3) is 6.83. The highest BCUT2D eigenvalue weighted by Crippen LogP contribution is 2.14. The van der Waals surface area contributed by atoms with Gasteiger partial charge in [0.15, 0.2) is 0 Å². The molecule has 0 saturated carbocycles. The van der Waals surface area contributed by atoms with Crippen molar-refractivity contribution in [3.8, 4) is 5.75 Å². The van der Waals surface area contributed by atoms with Crippen molar-refractivity contribution in [1.82, 2.24) is 5.32 Å². The van der Waals surface area contributed by atoms with Gasteiger partial charge >= 0.3 is 0 Å². The van der Waals surface area contributed by atoms with Crippen molar-refractivity contribution in [1.29, 1.82) is 0 Å². The molecule has 0 bridgehead atoms. The third-order valence-electron chi connectivity index (χ3n) is 2.50. The van der Waals surface area contributed by atoms with Crippen LogP contribution in [0.15, 0.2) is 24.3 Å². The summed E-state index contributed by atoms with van der Waals surface area (Å²) >= 11 is 2.27. The Balaban J connectivity index is 2.02. The summed E-state index contributed by atoms with van der Waals surface area (Å²) < 4.78 is 6.82. The lowest BCUT2D eigenvalue weighted by Gasteiger charge is -2.06. The maximum absolute atomic E-state index is 11.2. The number of hydrogen-bond donors (Lipinski definition) is 1. The van der Waals surface area contributed by atoms with Crippen LogP contribution in [0, 0.1) is 3.57 Å². The Morgan fingerprint density at radius 3 is 2.61 bits per heavy atom. The number of ether oxygens (including phenoxy) is 1. The molecule has 100 valence electrons. The van der Waals surface area contributed by atoms with E-state index in [2.05, 4.69) is 27.9 Å². The van der Waals surface area contributed by atoms with Gasteiger partial charge in [0.2, 0.25) is 5.91 Å². The van der Waals surface area contributed by atoms with Crippen LogP contribution in [0.3, 0.4) is 0 Å². The zero-order valence-electron chi connectivity index (χ0n) is 10.7. The van der Waals surface area contributed by atoms with Crippen LogP contribution in [0.4, 0.5) is 0 Å². The van der Waals surface area contributed by atoms with Gasteiger partial charge in [-0.15, -0.1) is 0 Å². The number of carbonyl (C=O) groups excluding carboxylic acids is 1. The van der Waals surface area contributed by atoms with Crippen LogP contribution < -0.4 is 10.1 Å². The van der Waals surface area contributed by atoms with Gasteiger partial charge in [-0.3, -0.25) is 4.79 Å². The monoisotopic (exact) mass is 361 g/mol. The molecule has 1 aromatic rings. The molecule has 1 N–H and O–H groups in total. The number of nitrogens with one attached hydrogen (secondary N) is 1. The fourth-order valence-electron chi connectivity index (χ4n) is 1.57. The Morgan fingerprint density at radius 2 is 1.94 bits per heavy atom. The molecule has 0 spiro atoms. The van der Waals surface area contributed by atoms with Crippen LogP contribution >= 0.6 is 22.6 Å². The molecule has 1 aromatic carbocycles. The molecule has 0 aliphatic carbocycles. The first-order valence-electron chi connectivity index (χ1n) is 6.37. The minimum absolute atomic E-state index is 0.149. The van der Waals surface area contributed by atoms with Gasteiger partial charge in [0, 0.05) is 16.5 Å². The third-order valence-corrected chi connectivity index (χ3v) is 3.22. The molecule has 0 fully saturated rings. The molecule has 1 rings (SSSR count). The maximum Gasteiger partial charge on any atom is 0.219 e. The van der Waals surface area contributed by atoms with E-state index in [-0.39, 0.29) is 5.91 Å². The van der Waals surface area contributed by atoms with Crippen molar-refractivity contribution < 1.29 is 9.53 Å². The highest BCUT2D eigenvalue weighted by molar-refractivity contribution is 14.1. The quantitative estimate of drug-likeness (QED) is 0.570. The van der Waals surface area contributed by atoms with E-state index in [0.717, 1.165) is 38.2 Å². The molecule has 3 nitrogen and oxygen atoms in total. The number of benzene rings is 1. The number of halogens is 1. The molecular weight excluding hydrogens is 341 g/mol. The van der Waals surface area contributed by atoms with Gasteiger partial charge in [0.05, 0.1) is 6.61 Å². The van der Waals surface area contributed by atoms with E-state index in [9.17, 15) is 4.79 Å². The van der Waals surface area contributed by atoms with Crippen LogP contribution in [0.25, 0.3) is 0 Å². The van der Waals surface area contributed by atoms with Gasteiger partial charge in [-0.25, -0.2) is 0 Å². The van der Waals surface area contributed by atoms with Crippen molar-refractivity contribution in [3.63, 3.8) is 0 Å². The number of rotatable bonds is 8. The number of unbranched alkanes of at least 4 members (excludes halogenated alkanes) is 2. The molecule has 0 atom stereocenters. The topological polar surface area (TPSA) is 38.3 Å². The zero-order valence-corrected chi connectivity index (χ0v) is 12.9. The van der Waals surface area contributed by atoms with Crippen LogP contribution in [-0.4, -0.2) is 19.1 Å². The second-order valence-corrected chi connectivity index (χ2v) is 5.31. The summed E-state index contributed by atoms with van der Waals surface area (Å²) in [5, 5.41) is 2.80. The lowest BCUT2D eigenvalue weighted by atomic mass is 10.2. The van der Waals surface area contributed by atoms with Gasteiger partial charge in [-0.2, -0.15) is 0 Å². The van der Waals surface area contributed by atoms with E-state index in [0.29, 0.717) is 6.42 Å². The molecule has 0 aliphatic heterocycles. The number of amides is 1. The van der Waals surface area contributed by atoms with Gasteiger partial charge in [-0.1, -0.05) is 0 Å². The van der Waals surface area contributed by atoms with Gasteiger partial charge in [0.1, 0.15) is 5.75 Å². The second kappa shape index (κ2) is 9.19. The normalized spacial score (nSPS) is 10.1. The van der Waals surface area contributed by atoms with E-state index in [4.69, 9.17) is 4.74 Å². The van der Waals surface area contributed by atoms with Gasteiger partial charge < -0.3 is 10.1 Å². The first kappa shape index (κ1) is 15.3. The Bertz CT molecular complexity index is 351. The molecule has 0 aliphatic rings. The summed E-state index contributed by atoms with van der Waals surface area (Å²) in [5.41, 5.74) is 0. The molecule has 0 saturated heterocycles. The minimum atomic E-state index is 0.149. The number of hydrogen-bond acceptors (Lipinski definition) is 2. The van der Waals surface area contributed by atoms with E-state index in [1.54, 1.807) is 0 Å². The Kier molecular flexibility index (Phi) is 7.80. The van der Waals surface area contributed by atoms with E-state index < -0.39 is 0 Å². The lowest BCUT2D eigenvalue weighted by molar-refractivity contribution is -0.121. The summed E-state index contributed by atoms with van der Waals surface area (Å²) in [5.74, 6) is 1.06. The van der Waals surface area contributed by atoms with Crippen molar-refractivity contribution in [2.45, 2.75) is 32.6 Å². The molecule has 0 heterocycles. The van der Waals surface area contributed by atoms with Gasteiger partial charge in [0.25, 0.3) is 0 Å². The highest BCUT2D eigenvalue weighted by atomic mass is 127. The average Bonchev–Trinajstić information content (AvgIpc) is 2.36. The summed E-state index contributed by atoms with van der Waals surface area (Å²) in [6.07, 6.45) is 3.58. The molecule has 0 radical (unpaired) electrons. The van der Waals surface area contributed by atoms with Crippen LogP contribution in [0.1, 0.15) is 32.6 Å². The maximum atomic E-state index is 11.2. The first-order valence-corrected chi connectivity index (χ1v) is 7.45. The molecule has 0 aromatic heterocycles. The fraction of sp³-hybridized carbons (Fsp3) is 0.500. The lowest BCUT2D eigenvalue weighted by Crippen LogP contribution is -2.22. The van der Waals surface area contributed by atoms with Gasteiger partial charge in [-0.05, 0) is 73.0 Å². The van der Waals surface area contributed by atoms with Crippen LogP contribution in [0.5, 0.6) is 5.75 Å². The van der Waals surface area contributed by atoms with Crippen molar-refractivity contribution in [3.05, 3.63) is 27.8 Å². The second-order valence-electron chi connectivity index (χ2n) is 4.07. The molecular formula is C14H20INO2.